The van der Waals surface area contributed by atoms with Crippen molar-refractivity contribution in [3.8, 4) is 0 Å². The Labute approximate surface area is 79.0 Å². The normalized spacial score (nSPS) is 36.2. The Morgan fingerprint density at radius 3 is 3.00 bits per heavy atom. The Hall–Kier alpha value is -0.790. The minimum absolute atomic E-state index is 0.0327. The van der Waals surface area contributed by atoms with Crippen molar-refractivity contribution in [1.82, 2.24) is 0 Å². The van der Waals surface area contributed by atoms with Crippen LogP contribution < -0.4 is 0 Å². The molecule has 2 heteroatoms. The van der Waals surface area contributed by atoms with Gasteiger partial charge in [-0.15, -0.1) is 0 Å². The standard InChI is InChI=1S/C11H16O2/c1-3-13-10(12)11(2)7-8-4-5-9(11)6-8/h7,9H,3-6H2,1-2H3. The number of carbonyl (C=O) groups excluding carboxylic acids is 1. The summed E-state index contributed by atoms with van der Waals surface area (Å²) < 4.78 is 5.10. The number of allylic oxidation sites excluding steroid dienone is 1. The fraction of sp³-hybridized carbons (Fsp3) is 0.727. The van der Waals surface area contributed by atoms with Gasteiger partial charge in [0, 0.05) is 0 Å². The molecule has 2 bridgehead atoms. The first-order valence-corrected chi connectivity index (χ1v) is 5.04. The molecule has 0 spiro atoms. The van der Waals surface area contributed by atoms with Crippen molar-refractivity contribution in [2.75, 3.05) is 6.61 Å². The number of ether oxygens (including phenoxy) is 1. The Kier molecular flexibility index (Phi) is 1.94. The maximum absolute atomic E-state index is 11.7. The van der Waals surface area contributed by atoms with Crippen LogP contribution in [0.25, 0.3) is 0 Å². The van der Waals surface area contributed by atoms with E-state index in [-0.39, 0.29) is 11.4 Å². The minimum Gasteiger partial charge on any atom is -0.465 e. The van der Waals surface area contributed by atoms with Gasteiger partial charge in [-0.3, -0.25) is 4.79 Å². The van der Waals surface area contributed by atoms with Crippen LogP contribution in [0.1, 0.15) is 33.1 Å². The average molecular weight is 180 g/mol. The molecule has 72 valence electrons. The van der Waals surface area contributed by atoms with Crippen LogP contribution >= 0.6 is 0 Å². The lowest BCUT2D eigenvalue weighted by Crippen LogP contribution is -2.33. The molecule has 2 unspecified atom stereocenters. The predicted molar refractivity (Wildman–Crippen MR) is 50.2 cm³/mol. The van der Waals surface area contributed by atoms with E-state index in [1.54, 1.807) is 0 Å². The zero-order valence-corrected chi connectivity index (χ0v) is 8.30. The fourth-order valence-corrected chi connectivity index (χ4v) is 2.58. The van der Waals surface area contributed by atoms with Gasteiger partial charge in [-0.05, 0) is 39.0 Å². The van der Waals surface area contributed by atoms with Gasteiger partial charge in [0.1, 0.15) is 0 Å². The Balaban J connectivity index is 2.18. The van der Waals surface area contributed by atoms with E-state index in [0.717, 1.165) is 6.42 Å². The van der Waals surface area contributed by atoms with E-state index in [9.17, 15) is 4.79 Å². The largest absolute Gasteiger partial charge is 0.465 e. The summed E-state index contributed by atoms with van der Waals surface area (Å²) in [6, 6.07) is 0. The second kappa shape index (κ2) is 2.86. The maximum atomic E-state index is 11.7. The second-order valence-corrected chi connectivity index (χ2v) is 4.25. The molecule has 2 aliphatic rings. The number of hydrogen-bond acceptors (Lipinski definition) is 2. The van der Waals surface area contributed by atoms with Crippen LogP contribution in [0.3, 0.4) is 0 Å². The van der Waals surface area contributed by atoms with E-state index in [1.807, 2.05) is 13.8 Å². The lowest BCUT2D eigenvalue weighted by atomic mass is 9.78. The van der Waals surface area contributed by atoms with E-state index in [1.165, 1.54) is 18.4 Å². The highest BCUT2D eigenvalue weighted by Crippen LogP contribution is 2.51. The van der Waals surface area contributed by atoms with Crippen molar-refractivity contribution >= 4 is 5.97 Å². The topological polar surface area (TPSA) is 26.3 Å². The van der Waals surface area contributed by atoms with Gasteiger partial charge in [0.05, 0.1) is 12.0 Å². The van der Waals surface area contributed by atoms with Crippen LogP contribution in [-0.2, 0) is 9.53 Å². The summed E-state index contributed by atoms with van der Waals surface area (Å²) in [6.07, 6.45) is 5.62. The number of rotatable bonds is 2. The molecule has 0 aromatic carbocycles. The number of hydrogen-bond donors (Lipinski definition) is 0. The molecule has 1 fully saturated rings. The van der Waals surface area contributed by atoms with Gasteiger partial charge in [-0.1, -0.05) is 11.6 Å². The SMILES string of the molecule is CCOC(=O)C1(C)C=C2CCC1C2. The van der Waals surface area contributed by atoms with Crippen LogP contribution in [0.2, 0.25) is 0 Å². The summed E-state index contributed by atoms with van der Waals surface area (Å²) in [7, 11) is 0. The summed E-state index contributed by atoms with van der Waals surface area (Å²) in [4.78, 5) is 11.7. The van der Waals surface area contributed by atoms with Crippen LogP contribution in [0.15, 0.2) is 11.6 Å². The third-order valence-electron chi connectivity index (χ3n) is 3.39. The Morgan fingerprint density at radius 1 is 1.77 bits per heavy atom. The highest BCUT2D eigenvalue weighted by atomic mass is 16.5. The number of fused-ring (bicyclic) bond motifs is 2. The van der Waals surface area contributed by atoms with Gasteiger partial charge in [-0.25, -0.2) is 0 Å². The summed E-state index contributed by atoms with van der Waals surface area (Å²) in [5, 5.41) is 0. The van der Waals surface area contributed by atoms with E-state index in [4.69, 9.17) is 4.74 Å². The molecule has 0 N–H and O–H groups in total. The highest BCUT2D eigenvalue weighted by Gasteiger charge is 2.48. The minimum atomic E-state index is -0.302. The molecule has 13 heavy (non-hydrogen) atoms. The van der Waals surface area contributed by atoms with Crippen molar-refractivity contribution in [3.05, 3.63) is 11.6 Å². The quantitative estimate of drug-likeness (QED) is 0.481. The molecule has 0 radical (unpaired) electrons. The molecule has 0 aromatic rings. The first kappa shape index (κ1) is 8.79. The van der Waals surface area contributed by atoms with E-state index in [2.05, 4.69) is 6.08 Å². The average Bonchev–Trinajstić information content (AvgIpc) is 2.64. The van der Waals surface area contributed by atoms with E-state index in [0.29, 0.717) is 12.5 Å². The van der Waals surface area contributed by atoms with Crippen molar-refractivity contribution in [2.24, 2.45) is 11.3 Å². The Bertz CT molecular complexity index is 267. The Morgan fingerprint density at radius 2 is 2.54 bits per heavy atom. The van der Waals surface area contributed by atoms with E-state index < -0.39 is 0 Å². The van der Waals surface area contributed by atoms with Crippen LogP contribution in [0, 0.1) is 11.3 Å². The highest BCUT2D eigenvalue weighted by molar-refractivity contribution is 5.80. The van der Waals surface area contributed by atoms with Gasteiger partial charge in [0.15, 0.2) is 0 Å². The molecule has 1 saturated carbocycles. The molecule has 0 amide bonds. The summed E-state index contributed by atoms with van der Waals surface area (Å²) in [6.45, 7) is 4.37. The van der Waals surface area contributed by atoms with Gasteiger partial charge in [0.25, 0.3) is 0 Å². The molecular weight excluding hydrogens is 164 g/mol. The molecule has 0 aliphatic heterocycles. The molecule has 2 rings (SSSR count). The molecule has 2 aliphatic carbocycles. The summed E-state index contributed by atoms with van der Waals surface area (Å²) in [5.41, 5.74) is 1.16. The van der Waals surface area contributed by atoms with Gasteiger partial charge < -0.3 is 4.74 Å². The van der Waals surface area contributed by atoms with Crippen molar-refractivity contribution in [1.29, 1.82) is 0 Å². The zero-order valence-electron chi connectivity index (χ0n) is 8.30. The maximum Gasteiger partial charge on any atom is 0.315 e. The summed E-state index contributed by atoms with van der Waals surface area (Å²) >= 11 is 0. The molecule has 0 heterocycles. The first-order chi connectivity index (χ1) is 6.16. The molecular formula is C11H16O2. The third-order valence-corrected chi connectivity index (χ3v) is 3.39. The predicted octanol–water partition coefficient (Wildman–Crippen LogP) is 2.30. The van der Waals surface area contributed by atoms with Crippen LogP contribution in [-0.4, -0.2) is 12.6 Å². The lowest BCUT2D eigenvalue weighted by Gasteiger charge is -2.28. The molecule has 2 atom stereocenters. The van der Waals surface area contributed by atoms with Gasteiger partial charge in [0.2, 0.25) is 0 Å². The number of esters is 1. The molecule has 0 saturated heterocycles. The van der Waals surface area contributed by atoms with E-state index >= 15 is 0 Å². The first-order valence-electron chi connectivity index (χ1n) is 5.04. The molecule has 2 nitrogen and oxygen atoms in total. The van der Waals surface area contributed by atoms with Crippen LogP contribution in [0.5, 0.6) is 0 Å². The van der Waals surface area contributed by atoms with Crippen molar-refractivity contribution < 1.29 is 9.53 Å². The zero-order chi connectivity index (χ0) is 9.47. The number of carbonyl (C=O) groups is 1. The van der Waals surface area contributed by atoms with Crippen LogP contribution in [0.4, 0.5) is 0 Å². The third kappa shape index (κ3) is 1.19. The van der Waals surface area contributed by atoms with Crippen molar-refractivity contribution in [3.63, 3.8) is 0 Å². The van der Waals surface area contributed by atoms with Gasteiger partial charge >= 0.3 is 5.97 Å². The lowest BCUT2D eigenvalue weighted by molar-refractivity contribution is -0.153. The molecule has 0 aromatic heterocycles. The second-order valence-electron chi connectivity index (χ2n) is 4.25. The van der Waals surface area contributed by atoms with Gasteiger partial charge in [-0.2, -0.15) is 0 Å². The fourth-order valence-electron chi connectivity index (χ4n) is 2.58. The monoisotopic (exact) mass is 180 g/mol. The smallest absolute Gasteiger partial charge is 0.315 e. The summed E-state index contributed by atoms with van der Waals surface area (Å²) in [5.74, 6) is 0.483. The van der Waals surface area contributed by atoms with Crippen molar-refractivity contribution in [2.45, 2.75) is 33.1 Å².